The summed E-state index contributed by atoms with van der Waals surface area (Å²) in [5.41, 5.74) is 1.98. The number of fused-ring (bicyclic) bond motifs is 1. The summed E-state index contributed by atoms with van der Waals surface area (Å²) in [5.74, 6) is 1.63. The second-order valence-corrected chi connectivity index (χ2v) is 9.44. The molecule has 154 valence electrons. The van der Waals surface area contributed by atoms with Crippen LogP contribution in [0.5, 0.6) is 0 Å². The van der Waals surface area contributed by atoms with Crippen LogP contribution in [-0.2, 0) is 7.05 Å². The Labute approximate surface area is 176 Å². The van der Waals surface area contributed by atoms with E-state index in [2.05, 4.69) is 22.3 Å². The zero-order chi connectivity index (χ0) is 19.6. The van der Waals surface area contributed by atoms with Crippen molar-refractivity contribution >= 4 is 28.2 Å². The summed E-state index contributed by atoms with van der Waals surface area (Å²) in [6.07, 6.45) is 11.0. The minimum Gasteiger partial charge on any atom is -0.357 e. The highest BCUT2D eigenvalue weighted by atomic mass is 32.1. The largest absolute Gasteiger partial charge is 0.357 e. The Balaban J connectivity index is 1.44. The van der Waals surface area contributed by atoms with Gasteiger partial charge in [0.2, 0.25) is 0 Å². The second kappa shape index (κ2) is 8.40. The van der Waals surface area contributed by atoms with Gasteiger partial charge < -0.3 is 10.2 Å². The lowest BCUT2D eigenvalue weighted by Crippen LogP contribution is -2.28. The average molecular weight is 411 g/mol. The predicted octanol–water partition coefficient (Wildman–Crippen LogP) is 4.33. The van der Waals surface area contributed by atoms with Gasteiger partial charge in [0, 0.05) is 44.2 Å². The first-order chi connectivity index (χ1) is 14.3. The molecule has 3 aromatic heterocycles. The molecule has 2 aliphatic heterocycles. The monoisotopic (exact) mass is 410 g/mol. The Hall–Kier alpha value is -1.99. The van der Waals surface area contributed by atoms with Crippen LogP contribution in [0.4, 0.5) is 5.82 Å². The van der Waals surface area contributed by atoms with Crippen molar-refractivity contribution in [1.29, 1.82) is 0 Å². The summed E-state index contributed by atoms with van der Waals surface area (Å²) >= 11 is 1.79. The summed E-state index contributed by atoms with van der Waals surface area (Å²) in [6.45, 7) is 4.38. The van der Waals surface area contributed by atoms with Crippen LogP contribution in [-0.4, -0.2) is 45.9 Å². The van der Waals surface area contributed by atoms with Gasteiger partial charge in [0.25, 0.3) is 0 Å². The number of aromatic nitrogens is 4. The molecule has 0 amide bonds. The number of pyridine rings is 1. The molecule has 2 saturated heterocycles. The lowest BCUT2D eigenvalue weighted by Gasteiger charge is -2.25. The van der Waals surface area contributed by atoms with Crippen molar-refractivity contribution < 1.29 is 0 Å². The molecule has 2 fully saturated rings. The van der Waals surface area contributed by atoms with Crippen molar-refractivity contribution in [3.8, 4) is 10.6 Å². The van der Waals surface area contributed by atoms with Gasteiger partial charge in [-0.1, -0.05) is 19.3 Å². The first-order valence-corrected chi connectivity index (χ1v) is 11.9. The maximum absolute atomic E-state index is 5.01. The molecule has 6 nitrogen and oxygen atoms in total. The number of nitrogens with one attached hydrogen (secondary N) is 1. The molecule has 5 rings (SSSR count). The minimum absolute atomic E-state index is 0.536. The molecular weight excluding hydrogens is 380 g/mol. The number of rotatable bonds is 3. The second-order valence-electron chi connectivity index (χ2n) is 8.37. The molecule has 1 unspecified atom stereocenters. The van der Waals surface area contributed by atoms with Gasteiger partial charge >= 0.3 is 0 Å². The molecule has 5 heterocycles. The van der Waals surface area contributed by atoms with Crippen molar-refractivity contribution in [1.82, 2.24) is 25.1 Å². The maximum atomic E-state index is 5.01. The summed E-state index contributed by atoms with van der Waals surface area (Å²) in [7, 11) is 2.00. The van der Waals surface area contributed by atoms with Crippen LogP contribution in [0.15, 0.2) is 18.3 Å². The zero-order valence-electron chi connectivity index (χ0n) is 17.2. The number of thiazole rings is 1. The minimum atomic E-state index is 0.536. The van der Waals surface area contributed by atoms with Crippen molar-refractivity contribution in [2.75, 3.05) is 31.1 Å². The summed E-state index contributed by atoms with van der Waals surface area (Å²) in [5, 5.41) is 10.7. The molecule has 2 aliphatic rings. The Morgan fingerprint density at radius 3 is 2.69 bits per heavy atom. The van der Waals surface area contributed by atoms with Crippen LogP contribution in [0.3, 0.4) is 0 Å². The highest BCUT2D eigenvalue weighted by Crippen LogP contribution is 2.35. The molecule has 29 heavy (non-hydrogen) atoms. The average Bonchev–Trinajstić information content (AvgIpc) is 3.33. The summed E-state index contributed by atoms with van der Waals surface area (Å²) < 4.78 is 1.93. The van der Waals surface area contributed by atoms with Gasteiger partial charge in [0.05, 0.1) is 9.88 Å². The molecule has 1 N–H and O–H groups in total. The van der Waals surface area contributed by atoms with Gasteiger partial charge in [0.1, 0.15) is 11.5 Å². The molecule has 3 aromatic rings. The molecule has 1 atom stereocenters. The normalized spacial score (nSPS) is 21.3. The SMILES string of the molecule is Cn1nc(-c2cnc(C3CCCNC3)s2)c2ccc(N3CCCCCCC3)nc21. The standard InChI is InChI=1S/C22H30N6S/c1-27-21-17(9-10-19(25-21)28-12-5-3-2-4-6-13-28)20(26-27)18-15-24-22(29-18)16-8-7-11-23-14-16/h9-10,15-16,23H,2-8,11-14H2,1H3. The fourth-order valence-corrected chi connectivity index (χ4v) is 5.66. The Morgan fingerprint density at radius 1 is 1.07 bits per heavy atom. The van der Waals surface area contributed by atoms with E-state index in [4.69, 9.17) is 15.1 Å². The van der Waals surface area contributed by atoms with Gasteiger partial charge in [-0.25, -0.2) is 14.6 Å². The summed E-state index contributed by atoms with van der Waals surface area (Å²) in [4.78, 5) is 13.4. The van der Waals surface area contributed by atoms with E-state index >= 15 is 0 Å². The van der Waals surface area contributed by atoms with E-state index in [-0.39, 0.29) is 0 Å². The molecule has 0 bridgehead atoms. The van der Waals surface area contributed by atoms with Crippen molar-refractivity contribution in [2.45, 2.75) is 50.9 Å². The molecule has 0 aliphatic carbocycles. The molecular formula is C22H30N6S. The number of nitrogens with zero attached hydrogens (tertiary/aromatic N) is 5. The molecule has 0 spiro atoms. The zero-order valence-corrected chi connectivity index (χ0v) is 18.0. The highest BCUT2D eigenvalue weighted by molar-refractivity contribution is 7.15. The van der Waals surface area contributed by atoms with Crippen LogP contribution in [0.25, 0.3) is 21.6 Å². The van der Waals surface area contributed by atoms with Crippen molar-refractivity contribution in [2.24, 2.45) is 7.05 Å². The number of hydrogen-bond donors (Lipinski definition) is 1. The highest BCUT2D eigenvalue weighted by Gasteiger charge is 2.21. The number of piperidine rings is 1. The topological polar surface area (TPSA) is 58.9 Å². The maximum Gasteiger partial charge on any atom is 0.160 e. The lowest BCUT2D eigenvalue weighted by atomic mass is 10.0. The van der Waals surface area contributed by atoms with E-state index in [1.807, 2.05) is 17.9 Å². The third-order valence-electron chi connectivity index (χ3n) is 6.26. The first-order valence-electron chi connectivity index (χ1n) is 11.0. The van der Waals surface area contributed by atoms with Crippen LogP contribution in [0.2, 0.25) is 0 Å². The van der Waals surface area contributed by atoms with E-state index in [0.29, 0.717) is 5.92 Å². The van der Waals surface area contributed by atoms with Crippen LogP contribution in [0.1, 0.15) is 55.9 Å². The lowest BCUT2D eigenvalue weighted by molar-refractivity contribution is 0.460. The fraction of sp³-hybridized carbons (Fsp3) is 0.591. The third kappa shape index (κ3) is 3.90. The molecule has 0 saturated carbocycles. The van der Waals surface area contributed by atoms with Gasteiger partial charge in [-0.2, -0.15) is 5.10 Å². The number of anilines is 1. The van der Waals surface area contributed by atoms with Crippen LogP contribution in [0, 0.1) is 0 Å². The Bertz CT molecular complexity index is 963. The van der Waals surface area contributed by atoms with Gasteiger partial charge in [-0.3, -0.25) is 0 Å². The smallest absolute Gasteiger partial charge is 0.160 e. The Kier molecular flexibility index (Phi) is 5.50. The predicted molar refractivity (Wildman–Crippen MR) is 120 cm³/mol. The number of hydrogen-bond acceptors (Lipinski definition) is 6. The van der Waals surface area contributed by atoms with E-state index in [1.165, 1.54) is 50.0 Å². The van der Waals surface area contributed by atoms with Crippen molar-refractivity contribution in [3.05, 3.63) is 23.3 Å². The van der Waals surface area contributed by atoms with E-state index < -0.39 is 0 Å². The summed E-state index contributed by atoms with van der Waals surface area (Å²) in [6, 6.07) is 4.39. The van der Waals surface area contributed by atoms with Crippen LogP contribution < -0.4 is 10.2 Å². The third-order valence-corrected chi connectivity index (χ3v) is 7.42. The van der Waals surface area contributed by atoms with Gasteiger partial charge in [-0.05, 0) is 44.4 Å². The Morgan fingerprint density at radius 2 is 1.90 bits per heavy atom. The molecule has 0 radical (unpaired) electrons. The first kappa shape index (κ1) is 19.0. The number of aryl methyl sites for hydroxylation is 1. The van der Waals surface area contributed by atoms with Gasteiger partial charge in [-0.15, -0.1) is 11.3 Å². The molecule has 7 heteroatoms. The van der Waals surface area contributed by atoms with E-state index in [0.717, 1.165) is 53.6 Å². The quantitative estimate of drug-likeness (QED) is 0.696. The van der Waals surface area contributed by atoms with Crippen LogP contribution >= 0.6 is 11.3 Å². The fourth-order valence-electron chi connectivity index (χ4n) is 4.60. The molecule has 0 aromatic carbocycles. The van der Waals surface area contributed by atoms with E-state index in [9.17, 15) is 0 Å². The van der Waals surface area contributed by atoms with E-state index in [1.54, 1.807) is 11.3 Å². The van der Waals surface area contributed by atoms with Crippen molar-refractivity contribution in [3.63, 3.8) is 0 Å². The van der Waals surface area contributed by atoms with Gasteiger partial charge in [0.15, 0.2) is 5.65 Å².